The largest absolute Gasteiger partial charge is 0.368 e. The first-order valence-corrected chi connectivity index (χ1v) is 6.86. The Bertz CT molecular complexity index is 746. The number of pyridine rings is 1. The van der Waals surface area contributed by atoms with Gasteiger partial charge in [-0.3, -0.25) is 14.6 Å². The molecule has 2 amide bonds. The summed E-state index contributed by atoms with van der Waals surface area (Å²) in [4.78, 5) is 28.1. The Morgan fingerprint density at radius 2 is 2.09 bits per heavy atom. The standard InChI is InChI=1S/C16H16N4O2/c1-10(9-17)8-14(15(18)21)20-16(22)12-6-7-19-13-5-3-2-4-11(12)13/h2-7,10,14H,8H2,1H3,(H2,18,21)(H,20,22)/t10-,14+/m1/s1. The van der Waals surface area contributed by atoms with Crippen molar-refractivity contribution in [3.05, 3.63) is 42.1 Å². The summed E-state index contributed by atoms with van der Waals surface area (Å²) in [7, 11) is 0. The van der Waals surface area contributed by atoms with Gasteiger partial charge in [0.25, 0.3) is 5.91 Å². The topological polar surface area (TPSA) is 109 Å². The molecule has 0 bridgehead atoms. The van der Waals surface area contributed by atoms with Gasteiger partial charge in [-0.05, 0) is 25.5 Å². The van der Waals surface area contributed by atoms with E-state index in [0.717, 1.165) is 0 Å². The molecule has 0 aliphatic rings. The molecule has 112 valence electrons. The third kappa shape index (κ3) is 3.38. The maximum Gasteiger partial charge on any atom is 0.252 e. The Labute approximate surface area is 127 Å². The van der Waals surface area contributed by atoms with E-state index in [1.165, 1.54) is 6.20 Å². The van der Waals surface area contributed by atoms with E-state index in [-0.39, 0.29) is 12.3 Å². The molecule has 2 atom stereocenters. The van der Waals surface area contributed by atoms with Gasteiger partial charge in [0.05, 0.1) is 17.1 Å². The minimum absolute atomic E-state index is 0.181. The SMILES string of the molecule is C[C@@H](C#N)C[C@H](NC(=O)c1ccnc2ccccc12)C(N)=O. The molecular formula is C16H16N4O2. The number of nitrogens with one attached hydrogen (secondary N) is 1. The van der Waals surface area contributed by atoms with Crippen LogP contribution in [0.5, 0.6) is 0 Å². The van der Waals surface area contributed by atoms with Gasteiger partial charge in [0, 0.05) is 17.5 Å². The Morgan fingerprint density at radius 3 is 2.77 bits per heavy atom. The van der Waals surface area contributed by atoms with Crippen LogP contribution in [0.4, 0.5) is 0 Å². The predicted octanol–water partition coefficient (Wildman–Crippen LogP) is 1.37. The van der Waals surface area contributed by atoms with Gasteiger partial charge in [-0.15, -0.1) is 0 Å². The number of amides is 2. The minimum atomic E-state index is -0.880. The normalized spacial score (nSPS) is 13.1. The van der Waals surface area contributed by atoms with Crippen LogP contribution in [0.25, 0.3) is 10.9 Å². The number of benzene rings is 1. The van der Waals surface area contributed by atoms with Gasteiger partial charge in [-0.25, -0.2) is 0 Å². The van der Waals surface area contributed by atoms with E-state index in [0.29, 0.717) is 16.5 Å². The second-order valence-corrected chi connectivity index (χ2v) is 5.07. The van der Waals surface area contributed by atoms with Gasteiger partial charge in [0.1, 0.15) is 6.04 Å². The molecule has 1 aromatic heterocycles. The van der Waals surface area contributed by atoms with E-state index in [2.05, 4.69) is 10.3 Å². The van der Waals surface area contributed by atoms with Crippen LogP contribution in [0.3, 0.4) is 0 Å². The predicted molar refractivity (Wildman–Crippen MR) is 81.6 cm³/mol. The van der Waals surface area contributed by atoms with Crippen molar-refractivity contribution in [2.45, 2.75) is 19.4 Å². The maximum absolute atomic E-state index is 12.4. The van der Waals surface area contributed by atoms with Crippen LogP contribution < -0.4 is 11.1 Å². The van der Waals surface area contributed by atoms with Crippen LogP contribution in [0.15, 0.2) is 36.5 Å². The lowest BCUT2D eigenvalue weighted by Gasteiger charge is -2.17. The van der Waals surface area contributed by atoms with Gasteiger partial charge >= 0.3 is 0 Å². The number of para-hydroxylation sites is 1. The molecule has 1 aromatic carbocycles. The van der Waals surface area contributed by atoms with Gasteiger partial charge in [-0.1, -0.05) is 18.2 Å². The van der Waals surface area contributed by atoms with Gasteiger partial charge in [0.2, 0.25) is 5.91 Å². The summed E-state index contributed by atoms with van der Waals surface area (Å²) in [5.74, 6) is -1.45. The molecule has 0 aliphatic carbocycles. The number of primary amides is 1. The van der Waals surface area contributed by atoms with Crippen molar-refractivity contribution < 1.29 is 9.59 Å². The van der Waals surface area contributed by atoms with E-state index in [1.807, 2.05) is 18.2 Å². The molecule has 0 aliphatic heterocycles. The number of hydrogen-bond acceptors (Lipinski definition) is 4. The van der Waals surface area contributed by atoms with Crippen LogP contribution in [0.1, 0.15) is 23.7 Å². The van der Waals surface area contributed by atoms with Gasteiger partial charge in [-0.2, -0.15) is 5.26 Å². The highest BCUT2D eigenvalue weighted by Gasteiger charge is 2.22. The van der Waals surface area contributed by atoms with Crippen LogP contribution >= 0.6 is 0 Å². The van der Waals surface area contributed by atoms with Crippen molar-refractivity contribution in [2.24, 2.45) is 11.7 Å². The number of fused-ring (bicyclic) bond motifs is 1. The highest BCUT2D eigenvalue weighted by Crippen LogP contribution is 2.16. The lowest BCUT2D eigenvalue weighted by Crippen LogP contribution is -2.45. The molecule has 1 heterocycles. The molecule has 0 spiro atoms. The number of nitriles is 1. The number of aromatic nitrogens is 1. The fourth-order valence-corrected chi connectivity index (χ4v) is 2.18. The zero-order valence-electron chi connectivity index (χ0n) is 12.1. The lowest BCUT2D eigenvalue weighted by molar-refractivity contribution is -0.120. The summed E-state index contributed by atoms with van der Waals surface area (Å²) >= 11 is 0. The van der Waals surface area contributed by atoms with Crippen molar-refractivity contribution in [3.63, 3.8) is 0 Å². The molecule has 2 aromatic rings. The summed E-state index contributed by atoms with van der Waals surface area (Å²) in [6, 6.07) is 9.96. The fraction of sp³-hybridized carbons (Fsp3) is 0.250. The number of hydrogen-bond donors (Lipinski definition) is 2. The quantitative estimate of drug-likeness (QED) is 0.868. The molecule has 22 heavy (non-hydrogen) atoms. The molecule has 6 nitrogen and oxygen atoms in total. The Balaban J connectivity index is 2.26. The Morgan fingerprint density at radius 1 is 1.36 bits per heavy atom. The van der Waals surface area contributed by atoms with Crippen LogP contribution in [0, 0.1) is 17.2 Å². The highest BCUT2D eigenvalue weighted by molar-refractivity contribution is 6.07. The van der Waals surface area contributed by atoms with Crippen LogP contribution in [-0.4, -0.2) is 22.8 Å². The first-order chi connectivity index (χ1) is 10.5. The first-order valence-electron chi connectivity index (χ1n) is 6.86. The number of nitrogens with two attached hydrogens (primary N) is 1. The monoisotopic (exact) mass is 296 g/mol. The number of rotatable bonds is 5. The first kappa shape index (κ1) is 15.4. The molecular weight excluding hydrogens is 280 g/mol. The van der Waals surface area contributed by atoms with Gasteiger partial charge < -0.3 is 11.1 Å². The average molecular weight is 296 g/mol. The molecule has 0 radical (unpaired) electrons. The van der Waals surface area contributed by atoms with Gasteiger partial charge in [0.15, 0.2) is 0 Å². The Kier molecular flexibility index (Phi) is 4.69. The highest BCUT2D eigenvalue weighted by atomic mass is 16.2. The molecule has 0 unspecified atom stereocenters. The van der Waals surface area contributed by atoms with Crippen molar-refractivity contribution in [3.8, 4) is 6.07 Å². The average Bonchev–Trinajstić information content (AvgIpc) is 2.53. The fourth-order valence-electron chi connectivity index (χ4n) is 2.18. The third-order valence-electron chi connectivity index (χ3n) is 3.35. The van der Waals surface area contributed by atoms with Crippen molar-refractivity contribution in [1.29, 1.82) is 5.26 Å². The van der Waals surface area contributed by atoms with E-state index in [1.54, 1.807) is 25.1 Å². The molecule has 6 heteroatoms. The van der Waals surface area contributed by atoms with Crippen molar-refractivity contribution in [1.82, 2.24) is 10.3 Å². The molecule has 0 saturated carbocycles. The summed E-state index contributed by atoms with van der Waals surface area (Å²) in [6.07, 6.45) is 1.72. The summed E-state index contributed by atoms with van der Waals surface area (Å²) < 4.78 is 0. The summed E-state index contributed by atoms with van der Waals surface area (Å²) in [5, 5.41) is 12.1. The van der Waals surface area contributed by atoms with E-state index in [9.17, 15) is 9.59 Å². The second-order valence-electron chi connectivity index (χ2n) is 5.07. The molecule has 0 fully saturated rings. The lowest BCUT2D eigenvalue weighted by atomic mass is 10.0. The van der Waals surface area contributed by atoms with E-state index < -0.39 is 17.9 Å². The smallest absolute Gasteiger partial charge is 0.252 e. The second kappa shape index (κ2) is 6.68. The molecule has 2 rings (SSSR count). The number of carbonyl (C=O) groups is 2. The number of nitrogens with zero attached hydrogens (tertiary/aromatic N) is 2. The number of carbonyl (C=O) groups excluding carboxylic acids is 2. The van der Waals surface area contributed by atoms with E-state index in [4.69, 9.17) is 11.0 Å². The summed E-state index contributed by atoms with van der Waals surface area (Å²) in [6.45, 7) is 1.67. The molecule has 0 saturated heterocycles. The van der Waals surface area contributed by atoms with Crippen LogP contribution in [-0.2, 0) is 4.79 Å². The maximum atomic E-state index is 12.4. The molecule has 3 N–H and O–H groups in total. The summed E-state index contributed by atoms with van der Waals surface area (Å²) in [5.41, 5.74) is 6.41. The van der Waals surface area contributed by atoms with Crippen molar-refractivity contribution >= 4 is 22.7 Å². The third-order valence-corrected chi connectivity index (χ3v) is 3.35. The van der Waals surface area contributed by atoms with E-state index >= 15 is 0 Å². The van der Waals surface area contributed by atoms with Crippen LogP contribution in [0.2, 0.25) is 0 Å². The Hall–Kier alpha value is -2.94. The van der Waals surface area contributed by atoms with Crippen molar-refractivity contribution in [2.75, 3.05) is 0 Å². The minimum Gasteiger partial charge on any atom is -0.368 e. The zero-order valence-corrected chi connectivity index (χ0v) is 12.1. The zero-order chi connectivity index (χ0) is 16.1.